The van der Waals surface area contributed by atoms with Gasteiger partial charge in [-0.15, -0.1) is 0 Å². The maximum absolute atomic E-state index is 13.6. The van der Waals surface area contributed by atoms with Crippen LogP contribution in [0, 0.1) is 5.82 Å². The molecular weight excluding hydrogens is 395 g/mol. The molecule has 2 atom stereocenters. The van der Waals surface area contributed by atoms with Crippen LogP contribution in [0.1, 0.15) is 45.4 Å². The smallest absolute Gasteiger partial charge is 0.255 e. The minimum absolute atomic E-state index is 0.145. The van der Waals surface area contributed by atoms with E-state index in [1.807, 2.05) is 0 Å². The first-order chi connectivity index (χ1) is 15.0. The lowest BCUT2D eigenvalue weighted by Gasteiger charge is -2.17. The topological polar surface area (TPSA) is 97.1 Å². The molecule has 0 fully saturated rings. The van der Waals surface area contributed by atoms with Gasteiger partial charge in [0.1, 0.15) is 5.82 Å². The van der Waals surface area contributed by atoms with Crippen molar-refractivity contribution < 1.29 is 14.0 Å². The van der Waals surface area contributed by atoms with E-state index in [0.29, 0.717) is 17.7 Å². The van der Waals surface area contributed by atoms with Gasteiger partial charge < -0.3 is 16.4 Å². The van der Waals surface area contributed by atoms with Crippen LogP contribution >= 0.6 is 0 Å². The predicted molar refractivity (Wildman–Crippen MR) is 116 cm³/mol. The van der Waals surface area contributed by atoms with Crippen molar-refractivity contribution in [1.82, 2.24) is 10.3 Å². The van der Waals surface area contributed by atoms with Crippen LogP contribution in [0.25, 0.3) is 0 Å². The Morgan fingerprint density at radius 1 is 1.10 bits per heavy atom. The van der Waals surface area contributed by atoms with Crippen LogP contribution < -0.4 is 16.4 Å². The number of fused-ring (bicyclic) bond motifs is 1. The summed E-state index contributed by atoms with van der Waals surface area (Å²) < 4.78 is 13.6. The zero-order valence-corrected chi connectivity index (χ0v) is 16.8. The molecule has 2 amide bonds. The third-order valence-corrected chi connectivity index (χ3v) is 5.54. The largest absolute Gasteiger partial charge is 0.354 e. The number of anilines is 1. The Morgan fingerprint density at radius 2 is 1.84 bits per heavy atom. The second-order valence-corrected chi connectivity index (χ2v) is 7.60. The summed E-state index contributed by atoms with van der Waals surface area (Å²) in [4.78, 5) is 28.9. The van der Waals surface area contributed by atoms with Crippen LogP contribution in [0.3, 0.4) is 0 Å². The molecule has 1 aliphatic carbocycles. The van der Waals surface area contributed by atoms with Gasteiger partial charge in [-0.25, -0.2) is 4.39 Å². The Balaban J connectivity index is 1.33. The highest BCUT2D eigenvalue weighted by Crippen LogP contribution is 2.33. The Labute approximate surface area is 179 Å². The highest BCUT2D eigenvalue weighted by Gasteiger charge is 2.29. The fourth-order valence-electron chi connectivity index (χ4n) is 3.82. The van der Waals surface area contributed by atoms with Gasteiger partial charge in [-0.2, -0.15) is 0 Å². The molecule has 1 aliphatic rings. The van der Waals surface area contributed by atoms with Gasteiger partial charge in [0.25, 0.3) is 5.91 Å². The Kier molecular flexibility index (Phi) is 6.04. The zero-order chi connectivity index (χ0) is 21.8. The van der Waals surface area contributed by atoms with Gasteiger partial charge in [0.2, 0.25) is 5.91 Å². The molecule has 0 spiro atoms. The maximum atomic E-state index is 13.6. The molecule has 2 aromatic carbocycles. The lowest BCUT2D eigenvalue weighted by Crippen LogP contribution is -2.34. The van der Waals surface area contributed by atoms with Gasteiger partial charge in [0, 0.05) is 36.2 Å². The van der Waals surface area contributed by atoms with E-state index < -0.39 is 6.04 Å². The van der Waals surface area contributed by atoms with Crippen LogP contribution in [0.5, 0.6) is 0 Å². The van der Waals surface area contributed by atoms with E-state index in [1.165, 1.54) is 12.1 Å². The highest BCUT2D eigenvalue weighted by molar-refractivity contribution is 6.04. The number of amides is 2. The van der Waals surface area contributed by atoms with Gasteiger partial charge in [-0.3, -0.25) is 14.6 Å². The van der Waals surface area contributed by atoms with Crippen molar-refractivity contribution in [2.24, 2.45) is 5.73 Å². The molecule has 0 saturated heterocycles. The number of hydrogen-bond donors (Lipinski definition) is 3. The van der Waals surface area contributed by atoms with Crippen LogP contribution in [0.4, 0.5) is 10.1 Å². The molecule has 31 heavy (non-hydrogen) atoms. The molecule has 0 bridgehead atoms. The van der Waals surface area contributed by atoms with Crippen LogP contribution in [-0.4, -0.2) is 23.3 Å². The number of nitrogens with one attached hydrogen (secondary N) is 2. The van der Waals surface area contributed by atoms with E-state index in [9.17, 15) is 14.0 Å². The number of halogens is 1. The average molecular weight is 418 g/mol. The molecular formula is C24H23FN4O2. The quantitative estimate of drug-likeness (QED) is 0.572. The lowest BCUT2D eigenvalue weighted by molar-refractivity contribution is -0.122. The van der Waals surface area contributed by atoms with Crippen molar-refractivity contribution >= 4 is 17.5 Å². The molecule has 7 heteroatoms. The summed E-state index contributed by atoms with van der Waals surface area (Å²) in [6, 6.07) is 14.6. The van der Waals surface area contributed by atoms with Gasteiger partial charge in [0.15, 0.2) is 0 Å². The molecule has 4 rings (SSSR count). The van der Waals surface area contributed by atoms with Crippen molar-refractivity contribution in [3.8, 4) is 0 Å². The number of aromatic nitrogens is 1. The number of carbonyl (C=O) groups excluding carboxylic acids is 2. The number of carbonyl (C=O) groups is 2. The van der Waals surface area contributed by atoms with Gasteiger partial charge in [0.05, 0.1) is 5.92 Å². The molecule has 158 valence electrons. The monoisotopic (exact) mass is 418 g/mol. The first-order valence-electron chi connectivity index (χ1n) is 10.1. The lowest BCUT2D eigenvalue weighted by atomic mass is 10.00. The predicted octanol–water partition coefficient (Wildman–Crippen LogP) is 3.32. The number of benzene rings is 2. The first kappa shape index (κ1) is 20.7. The van der Waals surface area contributed by atoms with Crippen LogP contribution in [0.15, 0.2) is 67.0 Å². The van der Waals surface area contributed by atoms with E-state index in [0.717, 1.165) is 23.1 Å². The number of nitrogens with zero attached hydrogens (tertiary/aromatic N) is 1. The summed E-state index contributed by atoms with van der Waals surface area (Å²) in [5.41, 5.74) is 9.98. The Bertz CT molecular complexity index is 1090. The SMILES string of the molecule is NC(CNC(=O)C1CCc2ccc(F)cc21)c1ccc(C(=O)Nc2ccncc2)cc1. The summed E-state index contributed by atoms with van der Waals surface area (Å²) in [7, 11) is 0. The summed E-state index contributed by atoms with van der Waals surface area (Å²) in [6.07, 6.45) is 4.64. The Hall–Kier alpha value is -3.58. The summed E-state index contributed by atoms with van der Waals surface area (Å²) in [6.45, 7) is 0.253. The standard InChI is InChI=1S/C24H23FN4O2/c25-18-7-5-15-6-8-20(21(15)13-18)24(31)28-14-22(26)16-1-3-17(4-2-16)23(30)29-19-9-11-27-12-10-19/h1-5,7,9-13,20,22H,6,8,14,26H2,(H,28,31)(H,27,29,30). The average Bonchev–Trinajstić information content (AvgIpc) is 3.21. The van der Waals surface area contributed by atoms with Crippen molar-refractivity contribution in [3.05, 3.63) is 95.1 Å². The summed E-state index contributed by atoms with van der Waals surface area (Å²) >= 11 is 0. The first-order valence-corrected chi connectivity index (χ1v) is 10.1. The molecule has 6 nitrogen and oxygen atoms in total. The summed E-state index contributed by atoms with van der Waals surface area (Å²) in [5, 5.41) is 5.68. The molecule has 0 radical (unpaired) electrons. The van der Waals surface area contributed by atoms with E-state index in [2.05, 4.69) is 15.6 Å². The molecule has 4 N–H and O–H groups in total. The van der Waals surface area contributed by atoms with Crippen molar-refractivity contribution in [3.63, 3.8) is 0 Å². The number of nitrogens with two attached hydrogens (primary N) is 1. The molecule has 0 saturated carbocycles. The van der Waals surface area contributed by atoms with E-state index in [1.54, 1.807) is 54.9 Å². The van der Waals surface area contributed by atoms with Gasteiger partial charge >= 0.3 is 0 Å². The second-order valence-electron chi connectivity index (χ2n) is 7.60. The minimum atomic E-state index is -0.422. The fourth-order valence-corrected chi connectivity index (χ4v) is 3.82. The molecule has 2 unspecified atom stereocenters. The van der Waals surface area contributed by atoms with Crippen molar-refractivity contribution in [2.45, 2.75) is 24.8 Å². The third kappa shape index (κ3) is 4.78. The zero-order valence-electron chi connectivity index (χ0n) is 16.8. The molecule has 0 aliphatic heterocycles. The number of pyridine rings is 1. The Morgan fingerprint density at radius 3 is 2.58 bits per heavy atom. The molecule has 1 aromatic heterocycles. The normalized spacial score (nSPS) is 15.7. The second kappa shape index (κ2) is 9.06. The van der Waals surface area contributed by atoms with E-state index in [4.69, 9.17) is 5.73 Å². The number of aryl methyl sites for hydroxylation is 1. The van der Waals surface area contributed by atoms with Crippen LogP contribution in [0.2, 0.25) is 0 Å². The van der Waals surface area contributed by atoms with Gasteiger partial charge in [-0.1, -0.05) is 18.2 Å². The minimum Gasteiger partial charge on any atom is -0.354 e. The van der Waals surface area contributed by atoms with E-state index in [-0.39, 0.29) is 30.1 Å². The fraction of sp³-hybridized carbons (Fsp3) is 0.208. The van der Waals surface area contributed by atoms with E-state index >= 15 is 0 Å². The highest BCUT2D eigenvalue weighted by atomic mass is 19.1. The van der Waals surface area contributed by atoms with Crippen molar-refractivity contribution in [1.29, 1.82) is 0 Å². The van der Waals surface area contributed by atoms with Gasteiger partial charge in [-0.05, 0) is 65.9 Å². The molecule has 1 heterocycles. The number of hydrogen-bond acceptors (Lipinski definition) is 4. The molecule has 3 aromatic rings. The van der Waals surface area contributed by atoms with Crippen LogP contribution in [-0.2, 0) is 11.2 Å². The van der Waals surface area contributed by atoms with Crippen molar-refractivity contribution in [2.75, 3.05) is 11.9 Å². The summed E-state index contributed by atoms with van der Waals surface area (Å²) in [5.74, 6) is -1.06. The number of rotatable bonds is 6. The maximum Gasteiger partial charge on any atom is 0.255 e. The third-order valence-electron chi connectivity index (χ3n) is 5.54.